The second kappa shape index (κ2) is 12.1. The van der Waals surface area contributed by atoms with Gasteiger partial charge >= 0.3 is 0 Å². The third kappa shape index (κ3) is 7.73. The third-order valence-electron chi connectivity index (χ3n) is 4.64. The topological polar surface area (TPSA) is 96.4 Å². The van der Waals surface area contributed by atoms with Crippen molar-refractivity contribution in [2.75, 3.05) is 52.2 Å². The summed E-state index contributed by atoms with van der Waals surface area (Å²) in [5, 5.41) is 3.33. The highest BCUT2D eigenvalue weighted by Crippen LogP contribution is 2.10. The molecule has 0 aromatic carbocycles. The van der Waals surface area contributed by atoms with Crippen LogP contribution in [0.5, 0.6) is 5.88 Å². The van der Waals surface area contributed by atoms with Crippen molar-refractivity contribution in [1.82, 2.24) is 19.5 Å². The number of rotatable bonds is 10. The van der Waals surface area contributed by atoms with E-state index >= 15 is 0 Å². The first-order valence-corrected chi connectivity index (χ1v) is 12.1. The molecular weight excluding hydrogens is 406 g/mol. The zero-order valence-corrected chi connectivity index (χ0v) is 19.3. The lowest BCUT2D eigenvalue weighted by atomic mass is 10.3. The largest absolute Gasteiger partial charge is 0.478 e. The Kier molecular flexibility index (Phi) is 9.80. The lowest BCUT2D eigenvalue weighted by Gasteiger charge is -2.35. The van der Waals surface area contributed by atoms with E-state index in [0.717, 1.165) is 17.9 Å². The quantitative estimate of drug-likeness (QED) is 0.432. The number of aliphatic imine (C=N–C) groups is 1. The monoisotopic (exact) mass is 441 g/mol. The molecule has 0 spiro atoms. The van der Waals surface area contributed by atoms with E-state index in [1.165, 1.54) is 0 Å². The Balaban J connectivity index is 1.80. The normalized spacial score (nSPS) is 16.2. The zero-order chi connectivity index (χ0) is 22.0. The number of nitrogens with zero attached hydrogens (tertiary/aromatic N) is 4. The van der Waals surface area contributed by atoms with E-state index in [0.29, 0.717) is 45.2 Å². The van der Waals surface area contributed by atoms with Crippen LogP contribution in [0.25, 0.3) is 0 Å². The number of hydrogen-bond acceptors (Lipinski definition) is 6. The Bertz CT molecular complexity index is 760. The molecule has 0 aliphatic carbocycles. The summed E-state index contributed by atoms with van der Waals surface area (Å²) in [7, 11) is -1.57. The molecule has 1 aliphatic heterocycles. The highest BCUT2D eigenvalue weighted by Gasteiger charge is 2.28. The molecule has 30 heavy (non-hydrogen) atoms. The van der Waals surface area contributed by atoms with Crippen LogP contribution < -0.4 is 10.1 Å². The highest BCUT2D eigenvalue weighted by molar-refractivity contribution is 7.89. The van der Waals surface area contributed by atoms with Crippen molar-refractivity contribution in [3.05, 3.63) is 23.9 Å². The SMILES string of the molecule is CCCOc1ccc(CNC(=NC)N2CCN(S(=O)(=O)CCOC(C)C)CC2)cn1. The summed E-state index contributed by atoms with van der Waals surface area (Å²) >= 11 is 0. The molecule has 2 rings (SSSR count). The fourth-order valence-corrected chi connectivity index (χ4v) is 4.30. The van der Waals surface area contributed by atoms with Gasteiger partial charge in [0.15, 0.2) is 5.96 Å². The smallest absolute Gasteiger partial charge is 0.216 e. The van der Waals surface area contributed by atoms with Crippen LogP contribution in [0.1, 0.15) is 32.8 Å². The number of piperazine rings is 1. The van der Waals surface area contributed by atoms with Crippen LogP contribution in [0.2, 0.25) is 0 Å². The summed E-state index contributed by atoms with van der Waals surface area (Å²) in [6.45, 7) is 9.37. The van der Waals surface area contributed by atoms with Gasteiger partial charge in [-0.05, 0) is 25.8 Å². The maximum atomic E-state index is 12.5. The summed E-state index contributed by atoms with van der Waals surface area (Å²) in [4.78, 5) is 10.7. The summed E-state index contributed by atoms with van der Waals surface area (Å²) in [6, 6.07) is 3.84. The van der Waals surface area contributed by atoms with Crippen molar-refractivity contribution in [1.29, 1.82) is 0 Å². The Labute approximate surface area is 180 Å². The third-order valence-corrected chi connectivity index (χ3v) is 6.47. The van der Waals surface area contributed by atoms with Crippen molar-refractivity contribution >= 4 is 16.0 Å². The second-order valence-electron chi connectivity index (χ2n) is 7.38. The molecule has 0 saturated carbocycles. The molecule has 0 unspecified atom stereocenters. The van der Waals surface area contributed by atoms with Crippen LogP contribution in [-0.2, 0) is 21.3 Å². The van der Waals surface area contributed by atoms with Gasteiger partial charge in [0.05, 0.1) is 25.1 Å². The molecular formula is C20H35N5O4S. The molecule has 0 amide bonds. The average Bonchev–Trinajstić information content (AvgIpc) is 2.73. The van der Waals surface area contributed by atoms with Crippen molar-refractivity contribution in [2.45, 2.75) is 39.8 Å². The van der Waals surface area contributed by atoms with Crippen LogP contribution in [0, 0.1) is 0 Å². The van der Waals surface area contributed by atoms with Crippen molar-refractivity contribution in [3.63, 3.8) is 0 Å². The molecule has 0 bridgehead atoms. The lowest BCUT2D eigenvalue weighted by Crippen LogP contribution is -2.54. The number of ether oxygens (including phenoxy) is 2. The van der Waals surface area contributed by atoms with E-state index in [-0.39, 0.29) is 18.5 Å². The highest BCUT2D eigenvalue weighted by atomic mass is 32.2. The van der Waals surface area contributed by atoms with Crippen LogP contribution >= 0.6 is 0 Å². The van der Waals surface area contributed by atoms with Gasteiger partial charge in [0.2, 0.25) is 15.9 Å². The van der Waals surface area contributed by atoms with Crippen molar-refractivity contribution in [3.8, 4) is 5.88 Å². The molecule has 2 heterocycles. The first-order valence-electron chi connectivity index (χ1n) is 10.5. The molecule has 1 saturated heterocycles. The molecule has 1 aromatic rings. The van der Waals surface area contributed by atoms with E-state index in [1.54, 1.807) is 17.5 Å². The minimum absolute atomic E-state index is 0.0170. The van der Waals surface area contributed by atoms with Gasteiger partial charge in [-0.3, -0.25) is 4.99 Å². The fourth-order valence-electron chi connectivity index (χ4n) is 3.02. The van der Waals surface area contributed by atoms with Gasteiger partial charge < -0.3 is 19.7 Å². The van der Waals surface area contributed by atoms with Gasteiger partial charge in [-0.15, -0.1) is 0 Å². The molecule has 1 N–H and O–H groups in total. The Hall–Kier alpha value is -1.91. The van der Waals surface area contributed by atoms with Crippen LogP contribution in [-0.4, -0.2) is 86.9 Å². The summed E-state index contributed by atoms with van der Waals surface area (Å²) in [5.41, 5.74) is 1.02. The number of pyridine rings is 1. The molecule has 1 fully saturated rings. The van der Waals surface area contributed by atoms with Crippen molar-refractivity contribution in [2.24, 2.45) is 4.99 Å². The Morgan fingerprint density at radius 1 is 1.23 bits per heavy atom. The van der Waals surface area contributed by atoms with E-state index in [4.69, 9.17) is 9.47 Å². The van der Waals surface area contributed by atoms with Gasteiger partial charge in [-0.2, -0.15) is 4.31 Å². The zero-order valence-electron chi connectivity index (χ0n) is 18.5. The number of guanidine groups is 1. The molecule has 1 aliphatic rings. The van der Waals surface area contributed by atoms with Gasteiger partial charge in [0.25, 0.3) is 0 Å². The van der Waals surface area contributed by atoms with Gasteiger partial charge in [-0.25, -0.2) is 13.4 Å². The summed E-state index contributed by atoms with van der Waals surface area (Å²) in [6.07, 6.45) is 2.76. The van der Waals surface area contributed by atoms with Crippen LogP contribution in [0.4, 0.5) is 0 Å². The minimum atomic E-state index is -3.30. The standard InChI is InChI=1S/C20H35N5O4S/c1-5-12-29-19-7-6-18(15-22-19)16-23-20(21-4)24-8-10-25(11-9-24)30(26,27)14-13-28-17(2)3/h6-7,15,17H,5,8-14,16H2,1-4H3,(H,21,23). The maximum Gasteiger partial charge on any atom is 0.216 e. The number of aromatic nitrogens is 1. The first kappa shape index (κ1) is 24.4. The van der Waals surface area contributed by atoms with Gasteiger partial charge in [-0.1, -0.05) is 13.0 Å². The first-order chi connectivity index (χ1) is 14.4. The molecule has 170 valence electrons. The lowest BCUT2D eigenvalue weighted by molar-refractivity contribution is 0.0904. The molecule has 0 atom stereocenters. The molecule has 0 radical (unpaired) electrons. The maximum absolute atomic E-state index is 12.5. The van der Waals surface area contributed by atoms with E-state index < -0.39 is 10.0 Å². The van der Waals surface area contributed by atoms with Gasteiger partial charge in [0.1, 0.15) is 0 Å². The average molecular weight is 442 g/mol. The number of hydrogen-bond donors (Lipinski definition) is 1. The van der Waals surface area contributed by atoms with E-state index in [1.807, 2.05) is 26.0 Å². The second-order valence-corrected chi connectivity index (χ2v) is 9.46. The van der Waals surface area contributed by atoms with E-state index in [9.17, 15) is 8.42 Å². The fraction of sp³-hybridized carbons (Fsp3) is 0.700. The van der Waals surface area contributed by atoms with Crippen molar-refractivity contribution < 1.29 is 17.9 Å². The predicted molar refractivity (Wildman–Crippen MR) is 118 cm³/mol. The van der Waals surface area contributed by atoms with Gasteiger partial charge in [0, 0.05) is 52.0 Å². The Morgan fingerprint density at radius 3 is 2.53 bits per heavy atom. The summed E-state index contributed by atoms with van der Waals surface area (Å²) < 4.78 is 37.4. The van der Waals surface area contributed by atoms with Crippen LogP contribution in [0.3, 0.4) is 0 Å². The number of nitrogens with one attached hydrogen (secondary N) is 1. The van der Waals surface area contributed by atoms with Crippen LogP contribution in [0.15, 0.2) is 23.3 Å². The molecule has 1 aromatic heterocycles. The molecule has 9 nitrogen and oxygen atoms in total. The minimum Gasteiger partial charge on any atom is -0.478 e. The number of sulfonamides is 1. The summed E-state index contributed by atoms with van der Waals surface area (Å²) in [5.74, 6) is 1.39. The molecule has 10 heteroatoms. The van der Waals surface area contributed by atoms with E-state index in [2.05, 4.69) is 27.1 Å². The Morgan fingerprint density at radius 2 is 1.97 bits per heavy atom. The predicted octanol–water partition coefficient (Wildman–Crippen LogP) is 1.32.